The van der Waals surface area contributed by atoms with Crippen molar-refractivity contribution < 1.29 is 27.5 Å². The smallest absolute Gasteiger partial charge is 0.410 e. The highest BCUT2D eigenvalue weighted by atomic mass is 19.3. The van der Waals surface area contributed by atoms with Gasteiger partial charge in [-0.05, 0) is 96.2 Å². The van der Waals surface area contributed by atoms with Crippen LogP contribution in [0.15, 0.2) is 35.2 Å². The van der Waals surface area contributed by atoms with Crippen molar-refractivity contribution in [2.75, 3.05) is 49.9 Å². The molecule has 14 heteroatoms. The predicted octanol–water partition coefficient (Wildman–Crippen LogP) is 6.62. The summed E-state index contributed by atoms with van der Waals surface area (Å²) in [5.74, 6) is 1.52. The minimum atomic E-state index is -2.85. The summed E-state index contributed by atoms with van der Waals surface area (Å²) in [6.45, 7) is 10.6. The van der Waals surface area contributed by atoms with E-state index >= 15 is 0 Å². The molecule has 3 aromatic heterocycles. The summed E-state index contributed by atoms with van der Waals surface area (Å²) in [5.41, 5.74) is -0.361. The molecule has 12 nitrogen and oxygen atoms in total. The Bertz CT molecular complexity index is 1550. The number of ether oxygens (including phenoxy) is 1. The molecule has 3 fully saturated rings. The number of hydrogen-bond donors (Lipinski definition) is 2. The molecule has 0 bridgehead atoms. The third-order valence-electron chi connectivity index (χ3n) is 9.28. The largest absolute Gasteiger partial charge is 0.444 e. The lowest BCUT2D eigenvalue weighted by atomic mass is 9.93. The molecule has 0 aromatic carbocycles. The molecule has 0 radical (unpaired) electrons. The molecular weight excluding hydrogens is 622 g/mol. The second-order valence-corrected chi connectivity index (χ2v) is 14.2. The average Bonchev–Trinajstić information content (AvgIpc) is 3.58. The molecule has 48 heavy (non-hydrogen) atoms. The Labute approximate surface area is 279 Å². The number of amides is 2. The molecule has 0 spiro atoms. The van der Waals surface area contributed by atoms with Gasteiger partial charge in [-0.2, -0.15) is 5.10 Å². The van der Waals surface area contributed by atoms with Crippen LogP contribution in [0.25, 0.3) is 11.5 Å². The van der Waals surface area contributed by atoms with E-state index < -0.39 is 23.6 Å². The number of piperidine rings is 2. The maximum atomic E-state index is 14.0. The summed E-state index contributed by atoms with van der Waals surface area (Å²) >= 11 is 0. The molecule has 2 saturated heterocycles. The molecular formula is C34H46F2N8O4. The quantitative estimate of drug-likeness (QED) is 0.232. The Kier molecular flexibility index (Phi) is 10.3. The number of halogens is 2. The van der Waals surface area contributed by atoms with Gasteiger partial charge in [-0.25, -0.2) is 23.5 Å². The van der Waals surface area contributed by atoms with E-state index in [9.17, 15) is 18.4 Å². The Balaban J connectivity index is 0.983. The Hall–Kier alpha value is -4.07. The number of likely N-dealkylation sites (tertiary alicyclic amines) is 2. The zero-order valence-corrected chi connectivity index (χ0v) is 28.0. The maximum absolute atomic E-state index is 14.0. The van der Waals surface area contributed by atoms with Crippen LogP contribution in [0, 0.1) is 11.8 Å². The van der Waals surface area contributed by atoms with Crippen LogP contribution in [0.5, 0.6) is 0 Å². The van der Waals surface area contributed by atoms with Crippen molar-refractivity contribution in [3.63, 3.8) is 0 Å². The number of anilines is 2. The number of alkyl halides is 2. The predicted molar refractivity (Wildman–Crippen MR) is 176 cm³/mol. The minimum Gasteiger partial charge on any atom is -0.444 e. The van der Waals surface area contributed by atoms with E-state index in [0.717, 1.165) is 58.3 Å². The summed E-state index contributed by atoms with van der Waals surface area (Å²) < 4.78 is 40.7. The molecule has 5 heterocycles. The highest BCUT2D eigenvalue weighted by Gasteiger charge is 2.29. The molecule has 0 atom stereocenters. The van der Waals surface area contributed by atoms with E-state index in [1.165, 1.54) is 25.3 Å². The SMILES string of the molecule is CC(C)(C)OC(=O)N1CCC(CCN2CCC(n3cc(NC(=O)c4coc(-c5ccnc(NCC6CC6)c5)n4)c(C(F)F)n3)CC2)CC1. The van der Waals surface area contributed by atoms with Crippen LogP contribution in [-0.2, 0) is 4.74 Å². The number of carbonyl (C=O) groups excluding carboxylic acids is 2. The van der Waals surface area contributed by atoms with Crippen molar-refractivity contribution in [1.82, 2.24) is 29.5 Å². The zero-order valence-electron chi connectivity index (χ0n) is 28.0. The first-order valence-corrected chi connectivity index (χ1v) is 17.1. The molecule has 3 aliphatic rings. The number of aromatic nitrogens is 4. The molecule has 3 aromatic rings. The number of hydrogen-bond acceptors (Lipinski definition) is 9. The Morgan fingerprint density at radius 2 is 1.81 bits per heavy atom. The minimum absolute atomic E-state index is 0.0221. The number of oxazole rings is 1. The van der Waals surface area contributed by atoms with Gasteiger partial charge in [-0.1, -0.05) is 0 Å². The van der Waals surface area contributed by atoms with Crippen LogP contribution in [-0.4, -0.2) is 86.4 Å². The Morgan fingerprint density at radius 1 is 1.06 bits per heavy atom. The van der Waals surface area contributed by atoms with Crippen LogP contribution in [0.2, 0.25) is 0 Å². The molecule has 2 N–H and O–H groups in total. The molecule has 0 unspecified atom stereocenters. The van der Waals surface area contributed by atoms with Gasteiger partial charge in [0.15, 0.2) is 11.4 Å². The van der Waals surface area contributed by atoms with Gasteiger partial charge in [0.25, 0.3) is 12.3 Å². The summed E-state index contributed by atoms with van der Waals surface area (Å²) in [6.07, 6.45) is 8.23. The summed E-state index contributed by atoms with van der Waals surface area (Å²) in [5, 5.41) is 10.1. The van der Waals surface area contributed by atoms with E-state index in [4.69, 9.17) is 9.15 Å². The zero-order chi connectivity index (χ0) is 33.8. The maximum Gasteiger partial charge on any atom is 0.410 e. The van der Waals surface area contributed by atoms with Gasteiger partial charge in [0.05, 0.1) is 11.7 Å². The van der Waals surface area contributed by atoms with E-state index in [0.29, 0.717) is 36.3 Å². The van der Waals surface area contributed by atoms with Gasteiger partial charge >= 0.3 is 6.09 Å². The van der Waals surface area contributed by atoms with Crippen molar-refractivity contribution in [3.05, 3.63) is 42.2 Å². The monoisotopic (exact) mass is 668 g/mol. The first-order valence-electron chi connectivity index (χ1n) is 17.1. The van der Waals surface area contributed by atoms with Crippen molar-refractivity contribution in [2.24, 2.45) is 11.8 Å². The molecule has 1 aliphatic carbocycles. The summed E-state index contributed by atoms with van der Waals surface area (Å²) in [6, 6.07) is 3.49. The first kappa shape index (κ1) is 33.8. The van der Waals surface area contributed by atoms with Crippen LogP contribution >= 0.6 is 0 Å². The average molecular weight is 669 g/mol. The lowest BCUT2D eigenvalue weighted by Gasteiger charge is -2.36. The van der Waals surface area contributed by atoms with Crippen LogP contribution in [0.3, 0.4) is 0 Å². The van der Waals surface area contributed by atoms with E-state index in [2.05, 4.69) is 30.6 Å². The fourth-order valence-electron chi connectivity index (χ4n) is 6.28. The van der Waals surface area contributed by atoms with Gasteiger partial charge in [0.1, 0.15) is 17.7 Å². The van der Waals surface area contributed by atoms with Crippen LogP contribution in [0.1, 0.15) is 94.4 Å². The summed E-state index contributed by atoms with van der Waals surface area (Å²) in [7, 11) is 0. The number of nitrogens with zero attached hydrogens (tertiary/aromatic N) is 6. The van der Waals surface area contributed by atoms with Crippen molar-refractivity contribution in [1.29, 1.82) is 0 Å². The van der Waals surface area contributed by atoms with Gasteiger partial charge in [0.2, 0.25) is 5.89 Å². The lowest BCUT2D eigenvalue weighted by Crippen LogP contribution is -2.42. The number of carbonyl (C=O) groups is 2. The second kappa shape index (κ2) is 14.6. The molecule has 260 valence electrons. The van der Waals surface area contributed by atoms with Crippen molar-refractivity contribution in [2.45, 2.75) is 83.8 Å². The number of rotatable bonds is 11. The highest BCUT2D eigenvalue weighted by Crippen LogP contribution is 2.32. The molecule has 2 aliphatic heterocycles. The van der Waals surface area contributed by atoms with Gasteiger partial charge in [-0.15, -0.1) is 0 Å². The fraction of sp³-hybridized carbons (Fsp3) is 0.618. The molecule has 2 amide bonds. The lowest BCUT2D eigenvalue weighted by molar-refractivity contribution is 0.0176. The Morgan fingerprint density at radius 3 is 2.50 bits per heavy atom. The fourth-order valence-corrected chi connectivity index (χ4v) is 6.28. The summed E-state index contributed by atoms with van der Waals surface area (Å²) in [4.78, 5) is 38.2. The molecule has 1 saturated carbocycles. The third kappa shape index (κ3) is 8.88. The normalized spacial score (nSPS) is 18.3. The number of nitrogens with one attached hydrogen (secondary N) is 2. The first-order chi connectivity index (χ1) is 23.0. The topological polar surface area (TPSA) is 131 Å². The highest BCUT2D eigenvalue weighted by molar-refractivity contribution is 6.03. The van der Waals surface area contributed by atoms with E-state index in [1.54, 1.807) is 27.9 Å². The number of pyridine rings is 1. The van der Waals surface area contributed by atoms with E-state index in [-0.39, 0.29) is 29.4 Å². The van der Waals surface area contributed by atoms with E-state index in [1.807, 2.05) is 20.8 Å². The van der Waals surface area contributed by atoms with Crippen LogP contribution in [0.4, 0.5) is 25.1 Å². The van der Waals surface area contributed by atoms with Gasteiger partial charge in [-0.3, -0.25) is 9.48 Å². The van der Waals surface area contributed by atoms with Gasteiger partial charge in [0, 0.05) is 50.7 Å². The van der Waals surface area contributed by atoms with Crippen molar-refractivity contribution >= 4 is 23.5 Å². The van der Waals surface area contributed by atoms with Crippen molar-refractivity contribution in [3.8, 4) is 11.5 Å². The second-order valence-electron chi connectivity index (χ2n) is 14.2. The van der Waals surface area contributed by atoms with Crippen LogP contribution < -0.4 is 10.6 Å². The standard InChI is InChI=1S/C34H46F2N8O4/c1-34(2,3)48-33(46)43-16-8-22(9-17-43)7-13-42-14-10-25(11-15-42)44-20-26(29(41-44)30(35)36)39-31(45)27-21-47-32(40-27)24-6-12-37-28(18-24)38-19-23-4-5-23/h6,12,18,20-23,25,30H,4-5,7-11,13-17,19H2,1-3H3,(H,37,38)(H,39,45). The molecule has 6 rings (SSSR count). The third-order valence-corrected chi connectivity index (χ3v) is 9.28. The van der Waals surface area contributed by atoms with Gasteiger partial charge < -0.3 is 29.6 Å².